The Labute approximate surface area is 113 Å². The predicted octanol–water partition coefficient (Wildman–Crippen LogP) is 2.61. The Hall–Kier alpha value is -1.37. The summed E-state index contributed by atoms with van der Waals surface area (Å²) in [6, 6.07) is 6.93. The molecule has 19 heavy (non-hydrogen) atoms. The number of carbonyl (C=O) groups is 1. The van der Waals surface area contributed by atoms with Crippen molar-refractivity contribution in [3.8, 4) is 5.75 Å². The third-order valence-electron chi connectivity index (χ3n) is 2.21. The van der Waals surface area contributed by atoms with Crippen molar-refractivity contribution in [3.05, 3.63) is 29.8 Å². The van der Waals surface area contributed by atoms with Crippen molar-refractivity contribution in [2.75, 3.05) is 19.4 Å². The summed E-state index contributed by atoms with van der Waals surface area (Å²) in [5.74, 6) is 0.205. The maximum atomic E-state index is 11.8. The molecular weight excluding hydrogens is 279 g/mol. The van der Waals surface area contributed by atoms with Crippen LogP contribution in [0.2, 0.25) is 0 Å². The topological polar surface area (TPSA) is 38.3 Å². The molecule has 1 aromatic rings. The van der Waals surface area contributed by atoms with Crippen molar-refractivity contribution >= 4 is 17.7 Å². The molecule has 1 N–H and O–H groups in total. The number of benzene rings is 1. The number of carbonyl (C=O) groups excluding carboxylic acids is 1. The van der Waals surface area contributed by atoms with Crippen molar-refractivity contribution in [2.45, 2.75) is 11.9 Å². The molecule has 1 rings (SSSR count). The summed E-state index contributed by atoms with van der Waals surface area (Å²) >= 11 is -0.144. The van der Waals surface area contributed by atoms with Crippen molar-refractivity contribution in [1.29, 1.82) is 0 Å². The number of rotatable bonds is 6. The van der Waals surface area contributed by atoms with Gasteiger partial charge in [0.2, 0.25) is 5.91 Å². The van der Waals surface area contributed by atoms with E-state index < -0.39 is 5.51 Å². The molecule has 0 aliphatic heterocycles. The van der Waals surface area contributed by atoms with Gasteiger partial charge in [-0.2, -0.15) is 13.2 Å². The lowest BCUT2D eigenvalue weighted by Gasteiger charge is -2.07. The average molecular weight is 293 g/mol. The van der Waals surface area contributed by atoms with Crippen LogP contribution in [0, 0.1) is 0 Å². The Balaban J connectivity index is 2.27. The Kier molecular flexibility index (Phi) is 6.01. The van der Waals surface area contributed by atoms with Crippen LogP contribution < -0.4 is 10.1 Å². The lowest BCUT2D eigenvalue weighted by atomic mass is 10.1. The van der Waals surface area contributed by atoms with E-state index in [0.29, 0.717) is 5.75 Å². The second-order valence-electron chi connectivity index (χ2n) is 3.67. The van der Waals surface area contributed by atoms with E-state index in [9.17, 15) is 18.0 Å². The smallest absolute Gasteiger partial charge is 0.441 e. The summed E-state index contributed by atoms with van der Waals surface area (Å²) in [7, 11) is 1.54. The Morgan fingerprint density at radius 1 is 1.32 bits per heavy atom. The number of nitrogens with one attached hydrogen (secondary N) is 1. The monoisotopic (exact) mass is 293 g/mol. The van der Waals surface area contributed by atoms with E-state index in [1.54, 1.807) is 31.4 Å². The quantitative estimate of drug-likeness (QED) is 0.819. The maximum absolute atomic E-state index is 11.8. The molecule has 106 valence electrons. The van der Waals surface area contributed by atoms with Gasteiger partial charge in [-0.15, -0.1) is 0 Å². The SMILES string of the molecule is COc1ccc(CC(=O)NCCSC(F)(F)F)cc1. The second-order valence-corrected chi connectivity index (χ2v) is 4.83. The normalized spacial score (nSPS) is 11.2. The molecule has 0 aliphatic rings. The zero-order valence-corrected chi connectivity index (χ0v) is 11.1. The maximum Gasteiger partial charge on any atom is 0.441 e. The van der Waals surface area contributed by atoms with Crippen LogP contribution in [0.5, 0.6) is 5.75 Å². The first-order valence-electron chi connectivity index (χ1n) is 5.51. The van der Waals surface area contributed by atoms with Gasteiger partial charge in [-0.25, -0.2) is 0 Å². The average Bonchev–Trinajstić information content (AvgIpc) is 2.34. The van der Waals surface area contributed by atoms with Crippen LogP contribution in [0.25, 0.3) is 0 Å². The lowest BCUT2D eigenvalue weighted by molar-refractivity contribution is -0.120. The molecule has 0 radical (unpaired) electrons. The van der Waals surface area contributed by atoms with Gasteiger partial charge in [0.1, 0.15) is 5.75 Å². The molecule has 3 nitrogen and oxygen atoms in total. The van der Waals surface area contributed by atoms with E-state index in [4.69, 9.17) is 4.74 Å². The van der Waals surface area contributed by atoms with Crippen LogP contribution >= 0.6 is 11.8 Å². The molecule has 0 unspecified atom stereocenters. The molecule has 0 aromatic heterocycles. The molecule has 0 bridgehead atoms. The molecule has 1 aromatic carbocycles. The zero-order valence-electron chi connectivity index (χ0n) is 10.3. The highest BCUT2D eigenvalue weighted by Gasteiger charge is 2.27. The van der Waals surface area contributed by atoms with Crippen LogP contribution in [0.4, 0.5) is 13.2 Å². The van der Waals surface area contributed by atoms with Crippen LogP contribution in [0.15, 0.2) is 24.3 Å². The van der Waals surface area contributed by atoms with E-state index in [-0.39, 0.29) is 36.4 Å². The summed E-state index contributed by atoms with van der Waals surface area (Å²) < 4.78 is 40.5. The van der Waals surface area contributed by atoms with Crippen molar-refractivity contribution < 1.29 is 22.7 Å². The van der Waals surface area contributed by atoms with E-state index >= 15 is 0 Å². The second kappa shape index (κ2) is 7.28. The van der Waals surface area contributed by atoms with Gasteiger partial charge >= 0.3 is 5.51 Å². The van der Waals surface area contributed by atoms with Gasteiger partial charge in [-0.3, -0.25) is 4.79 Å². The van der Waals surface area contributed by atoms with Crippen LogP contribution in [0.1, 0.15) is 5.56 Å². The van der Waals surface area contributed by atoms with Gasteiger partial charge in [0.15, 0.2) is 0 Å². The Morgan fingerprint density at radius 3 is 2.47 bits per heavy atom. The van der Waals surface area contributed by atoms with E-state index in [0.717, 1.165) is 5.56 Å². The van der Waals surface area contributed by atoms with Crippen molar-refractivity contribution in [2.24, 2.45) is 0 Å². The number of hydrogen-bond acceptors (Lipinski definition) is 3. The number of hydrogen-bond donors (Lipinski definition) is 1. The zero-order chi connectivity index (χ0) is 14.3. The molecule has 0 saturated heterocycles. The molecule has 0 fully saturated rings. The standard InChI is InChI=1S/C12H14F3NO2S/c1-18-10-4-2-9(3-5-10)8-11(17)16-6-7-19-12(13,14)15/h2-5H,6-8H2,1H3,(H,16,17). The molecule has 0 heterocycles. The van der Waals surface area contributed by atoms with E-state index in [1.165, 1.54) is 0 Å². The first-order chi connectivity index (χ1) is 8.90. The minimum absolute atomic E-state index is 0.000829. The number of halogens is 3. The summed E-state index contributed by atoms with van der Waals surface area (Å²) in [6.45, 7) is -0.000829. The van der Waals surface area contributed by atoms with Crippen molar-refractivity contribution in [3.63, 3.8) is 0 Å². The predicted molar refractivity (Wildman–Crippen MR) is 68.2 cm³/mol. The molecule has 0 aliphatic carbocycles. The van der Waals surface area contributed by atoms with Gasteiger partial charge in [0.05, 0.1) is 13.5 Å². The molecule has 7 heteroatoms. The fraction of sp³-hybridized carbons (Fsp3) is 0.417. The van der Waals surface area contributed by atoms with E-state index in [2.05, 4.69) is 5.32 Å². The third kappa shape index (κ3) is 6.95. The Bertz CT molecular complexity index is 406. The van der Waals surface area contributed by atoms with Crippen LogP contribution in [0.3, 0.4) is 0 Å². The number of ether oxygens (including phenoxy) is 1. The molecule has 1 amide bonds. The van der Waals surface area contributed by atoms with Crippen molar-refractivity contribution in [1.82, 2.24) is 5.32 Å². The van der Waals surface area contributed by atoms with Gasteiger partial charge in [-0.05, 0) is 29.5 Å². The molecule has 0 atom stereocenters. The molecule has 0 saturated carbocycles. The highest BCUT2D eigenvalue weighted by molar-refractivity contribution is 8.00. The lowest BCUT2D eigenvalue weighted by Crippen LogP contribution is -2.27. The number of thioether (sulfide) groups is 1. The highest BCUT2D eigenvalue weighted by atomic mass is 32.2. The highest BCUT2D eigenvalue weighted by Crippen LogP contribution is 2.29. The fourth-order valence-electron chi connectivity index (χ4n) is 1.35. The van der Waals surface area contributed by atoms with Gasteiger partial charge in [0, 0.05) is 12.3 Å². The van der Waals surface area contributed by atoms with Crippen LogP contribution in [-0.4, -0.2) is 30.8 Å². The minimum atomic E-state index is -4.25. The van der Waals surface area contributed by atoms with E-state index in [1.807, 2.05) is 0 Å². The minimum Gasteiger partial charge on any atom is -0.497 e. The Morgan fingerprint density at radius 2 is 1.95 bits per heavy atom. The summed E-state index contributed by atoms with van der Waals surface area (Å²) in [5.41, 5.74) is -3.47. The first kappa shape index (κ1) is 15.7. The number of methoxy groups -OCH3 is 1. The van der Waals surface area contributed by atoms with Gasteiger partial charge < -0.3 is 10.1 Å². The number of amides is 1. The first-order valence-corrected chi connectivity index (χ1v) is 6.49. The summed E-state index contributed by atoms with van der Waals surface area (Å²) in [6.07, 6.45) is 0.140. The largest absolute Gasteiger partial charge is 0.497 e. The third-order valence-corrected chi connectivity index (χ3v) is 2.95. The fourth-order valence-corrected chi connectivity index (χ4v) is 1.78. The number of alkyl halides is 3. The van der Waals surface area contributed by atoms with Crippen LogP contribution in [-0.2, 0) is 11.2 Å². The molecular formula is C12H14F3NO2S. The van der Waals surface area contributed by atoms with Gasteiger partial charge in [0.25, 0.3) is 0 Å². The van der Waals surface area contributed by atoms with Gasteiger partial charge in [-0.1, -0.05) is 12.1 Å². The summed E-state index contributed by atoms with van der Waals surface area (Å²) in [5, 5.41) is 2.44. The summed E-state index contributed by atoms with van der Waals surface area (Å²) in [4.78, 5) is 11.5. The molecule has 0 spiro atoms.